The number of guanidine groups is 1. The Morgan fingerprint density at radius 1 is 1.44 bits per heavy atom. The van der Waals surface area contributed by atoms with Crippen LogP contribution in [0.2, 0.25) is 0 Å². The van der Waals surface area contributed by atoms with E-state index < -0.39 is 5.54 Å². The van der Waals surface area contributed by atoms with Crippen molar-refractivity contribution < 1.29 is 4.79 Å². The van der Waals surface area contributed by atoms with Crippen LogP contribution in [0.1, 0.15) is 39.0 Å². The smallest absolute Gasteiger partial charge is 0.254 e. The summed E-state index contributed by atoms with van der Waals surface area (Å²) < 4.78 is 0. The van der Waals surface area contributed by atoms with Crippen LogP contribution in [0.3, 0.4) is 0 Å². The minimum absolute atomic E-state index is 0.131. The Kier molecular flexibility index (Phi) is 3.01. The molecule has 3 aliphatic heterocycles. The zero-order valence-corrected chi connectivity index (χ0v) is 11.0. The third kappa shape index (κ3) is 1.72. The van der Waals surface area contributed by atoms with E-state index in [1.165, 1.54) is 12.8 Å². The number of piperidine rings is 1. The van der Waals surface area contributed by atoms with Gasteiger partial charge < -0.3 is 5.32 Å². The average Bonchev–Trinajstić information content (AvgIpc) is 2.91. The van der Waals surface area contributed by atoms with Crippen molar-refractivity contribution in [2.24, 2.45) is 4.99 Å². The summed E-state index contributed by atoms with van der Waals surface area (Å²) in [5, 5.41) is 6.33. The molecular weight excluding hydrogens is 228 g/mol. The van der Waals surface area contributed by atoms with Crippen LogP contribution in [0.4, 0.5) is 0 Å². The highest BCUT2D eigenvalue weighted by molar-refractivity contribution is 6.09. The molecule has 0 radical (unpaired) electrons. The highest BCUT2D eigenvalue weighted by Crippen LogP contribution is 2.36. The first-order valence-electron chi connectivity index (χ1n) is 7.14. The quantitative estimate of drug-likeness (QED) is 0.749. The van der Waals surface area contributed by atoms with Gasteiger partial charge in [0.25, 0.3) is 5.91 Å². The lowest BCUT2D eigenvalue weighted by molar-refractivity contribution is -0.125. The monoisotopic (exact) mass is 250 g/mol. The molecule has 3 aliphatic rings. The van der Waals surface area contributed by atoms with Crippen molar-refractivity contribution in [2.75, 3.05) is 19.6 Å². The predicted molar refractivity (Wildman–Crippen MR) is 70.4 cm³/mol. The molecule has 0 aromatic carbocycles. The van der Waals surface area contributed by atoms with E-state index in [0.29, 0.717) is 12.0 Å². The van der Waals surface area contributed by atoms with Gasteiger partial charge in [0.15, 0.2) is 5.96 Å². The second kappa shape index (κ2) is 4.53. The summed E-state index contributed by atoms with van der Waals surface area (Å²) in [5.41, 5.74) is -0.396. The summed E-state index contributed by atoms with van der Waals surface area (Å²) in [6.45, 7) is 5.04. The fraction of sp³-hybridized carbons (Fsp3) is 0.846. The highest BCUT2D eigenvalue weighted by atomic mass is 16.2. The van der Waals surface area contributed by atoms with Gasteiger partial charge in [-0.2, -0.15) is 0 Å². The average molecular weight is 250 g/mol. The fourth-order valence-corrected chi connectivity index (χ4v) is 3.53. The van der Waals surface area contributed by atoms with Gasteiger partial charge in [-0.1, -0.05) is 13.3 Å². The van der Waals surface area contributed by atoms with Gasteiger partial charge >= 0.3 is 0 Å². The topological polar surface area (TPSA) is 56.7 Å². The maximum absolute atomic E-state index is 12.3. The summed E-state index contributed by atoms with van der Waals surface area (Å²) >= 11 is 0. The van der Waals surface area contributed by atoms with Gasteiger partial charge in [-0.15, -0.1) is 0 Å². The van der Waals surface area contributed by atoms with E-state index in [1.807, 2.05) is 0 Å². The van der Waals surface area contributed by atoms with Crippen molar-refractivity contribution in [1.82, 2.24) is 15.5 Å². The number of carbonyl (C=O) groups is 1. The number of hydrogen-bond acceptors (Lipinski definition) is 3. The van der Waals surface area contributed by atoms with E-state index in [4.69, 9.17) is 0 Å². The molecule has 0 saturated carbocycles. The Morgan fingerprint density at radius 3 is 3.17 bits per heavy atom. The molecule has 0 bridgehead atoms. The first-order valence-corrected chi connectivity index (χ1v) is 7.14. The number of amides is 1. The van der Waals surface area contributed by atoms with Crippen molar-refractivity contribution >= 4 is 11.9 Å². The molecule has 3 rings (SSSR count). The summed E-state index contributed by atoms with van der Waals surface area (Å²) in [6, 6.07) is 0.362. The Bertz CT molecular complexity index is 381. The number of hydrogen-bond donors (Lipinski definition) is 2. The van der Waals surface area contributed by atoms with Crippen LogP contribution >= 0.6 is 0 Å². The molecule has 3 heterocycles. The standard InChI is InChI=1S/C13H22N4O/c1-2-7-14-12-15-11(18)13(16-12)6-9-17-8-4-3-5-10(13)17/h10H,2-9H2,1H3,(H2,14,15,16,18). The number of nitrogens with zero attached hydrogens (tertiary/aromatic N) is 2. The third-order valence-corrected chi connectivity index (χ3v) is 4.45. The molecule has 2 unspecified atom stereocenters. The SMILES string of the molecule is CCCN=C1NC(=O)C2(CCN3CCCCC32)N1. The Morgan fingerprint density at radius 2 is 2.33 bits per heavy atom. The summed E-state index contributed by atoms with van der Waals surface area (Å²) in [4.78, 5) is 19.2. The number of nitrogens with one attached hydrogen (secondary N) is 2. The van der Waals surface area contributed by atoms with E-state index in [-0.39, 0.29) is 5.91 Å². The van der Waals surface area contributed by atoms with Gasteiger partial charge in [0.1, 0.15) is 5.54 Å². The van der Waals surface area contributed by atoms with Gasteiger partial charge in [0.05, 0.1) is 0 Å². The van der Waals surface area contributed by atoms with E-state index in [9.17, 15) is 4.79 Å². The van der Waals surface area contributed by atoms with Crippen LogP contribution in [0.5, 0.6) is 0 Å². The molecule has 0 aliphatic carbocycles. The van der Waals surface area contributed by atoms with Crippen molar-refractivity contribution in [1.29, 1.82) is 0 Å². The molecule has 3 fully saturated rings. The second-order valence-corrected chi connectivity index (χ2v) is 5.58. The molecule has 5 nitrogen and oxygen atoms in total. The van der Waals surface area contributed by atoms with Crippen molar-refractivity contribution in [3.63, 3.8) is 0 Å². The van der Waals surface area contributed by atoms with E-state index in [0.717, 1.165) is 38.9 Å². The molecule has 18 heavy (non-hydrogen) atoms. The van der Waals surface area contributed by atoms with Crippen molar-refractivity contribution in [3.05, 3.63) is 0 Å². The fourth-order valence-electron chi connectivity index (χ4n) is 3.53. The first-order chi connectivity index (χ1) is 8.76. The lowest BCUT2D eigenvalue weighted by Gasteiger charge is -2.36. The van der Waals surface area contributed by atoms with Gasteiger partial charge in [0.2, 0.25) is 0 Å². The Labute approximate surface area is 108 Å². The maximum Gasteiger partial charge on any atom is 0.254 e. The summed E-state index contributed by atoms with van der Waals surface area (Å²) in [5.74, 6) is 0.820. The van der Waals surface area contributed by atoms with E-state index in [1.54, 1.807) is 0 Å². The van der Waals surface area contributed by atoms with Crippen LogP contribution in [0.15, 0.2) is 4.99 Å². The van der Waals surface area contributed by atoms with Gasteiger partial charge in [-0.25, -0.2) is 0 Å². The summed E-state index contributed by atoms with van der Waals surface area (Å²) in [6.07, 6.45) is 5.55. The number of fused-ring (bicyclic) bond motifs is 2. The number of aliphatic imine (C=N–C) groups is 1. The molecular formula is C13H22N4O. The van der Waals surface area contributed by atoms with Gasteiger partial charge in [-0.3, -0.25) is 20.0 Å². The molecule has 2 atom stereocenters. The van der Waals surface area contributed by atoms with Gasteiger partial charge in [0, 0.05) is 19.1 Å². The van der Waals surface area contributed by atoms with Crippen molar-refractivity contribution in [3.8, 4) is 0 Å². The van der Waals surface area contributed by atoms with E-state index in [2.05, 4.69) is 27.4 Å². The van der Waals surface area contributed by atoms with E-state index >= 15 is 0 Å². The molecule has 0 aromatic heterocycles. The van der Waals surface area contributed by atoms with Gasteiger partial charge in [-0.05, 0) is 32.2 Å². The van der Waals surface area contributed by atoms with Crippen LogP contribution in [-0.4, -0.2) is 48.0 Å². The highest BCUT2D eigenvalue weighted by Gasteiger charge is 2.56. The maximum atomic E-state index is 12.3. The number of rotatable bonds is 2. The first kappa shape index (κ1) is 12.0. The Balaban J connectivity index is 1.80. The number of carbonyl (C=O) groups excluding carboxylic acids is 1. The molecule has 1 amide bonds. The molecule has 5 heteroatoms. The molecule has 3 saturated heterocycles. The lowest BCUT2D eigenvalue weighted by Crippen LogP contribution is -2.57. The van der Waals surface area contributed by atoms with Crippen molar-refractivity contribution in [2.45, 2.75) is 50.6 Å². The normalized spacial score (nSPS) is 37.9. The van der Waals surface area contributed by atoms with Crippen LogP contribution in [-0.2, 0) is 4.79 Å². The summed E-state index contributed by atoms with van der Waals surface area (Å²) in [7, 11) is 0. The molecule has 100 valence electrons. The lowest BCUT2D eigenvalue weighted by atomic mass is 9.85. The second-order valence-electron chi connectivity index (χ2n) is 5.58. The predicted octanol–water partition coefficient (Wildman–Crippen LogP) is 0.469. The molecule has 2 N–H and O–H groups in total. The zero-order chi connectivity index (χ0) is 12.6. The minimum Gasteiger partial charge on any atom is -0.340 e. The Hall–Kier alpha value is -1.10. The minimum atomic E-state index is -0.396. The van der Waals surface area contributed by atoms with Crippen LogP contribution in [0, 0.1) is 0 Å². The third-order valence-electron chi connectivity index (χ3n) is 4.45. The zero-order valence-electron chi connectivity index (χ0n) is 11.0. The molecule has 1 spiro atoms. The largest absolute Gasteiger partial charge is 0.340 e. The van der Waals surface area contributed by atoms with Crippen LogP contribution < -0.4 is 10.6 Å². The molecule has 0 aromatic rings. The van der Waals surface area contributed by atoms with Crippen LogP contribution in [0.25, 0.3) is 0 Å².